The highest BCUT2D eigenvalue weighted by atomic mass is 16.6. The van der Waals surface area contributed by atoms with E-state index in [9.17, 15) is 9.59 Å². The standard InChI is InChI=1S/C76H87N3O2.C64H70N2O3/c1-17-19-22-48(18-2)43-77-64-41-53(78(51-31-27-49(28-32-51)75(13,14)44-73(7,8)9)52-33-29-50(30-34-52)76(15,16)45-74(10,11)12)35-36-59(64)67-60-26-21-25-56-57-37-39-61-69-62(40-38-58(68(57)69)63(66(56)60)42-65(67)77)72(81)79(71(61)80)70-54(46(3)4)23-20-24-55(70)47(5)6;1-13-15-17-39(14-2)36-65-53-34-44(66(42-24-20-40(21-25-42)63(9,10)37-61(3,4)5)43-26-22-41(23-27-43)64(11,12)38-62(6,7)8)28-29-48(53)56-49-19-16-18-45-46-30-32-50-58-51(60(68)69-59(50)67)33-31-47(57(46)58)52(55(45)49)35-54(56)65/h20-21,23-42,46-48H,17-19,22,43-45H2,1-16H3;16,18-35,39H,13-15,17,36-38H2,1-12H3. The minimum atomic E-state index is -0.584. The van der Waals surface area contributed by atoms with Crippen LogP contribution in [0.4, 0.5) is 39.8 Å². The van der Waals surface area contributed by atoms with Crippen LogP contribution in [0.3, 0.4) is 0 Å². The molecule has 2 aliphatic heterocycles. The molecule has 0 saturated carbocycles. The minimum absolute atomic E-state index is 0.0130. The summed E-state index contributed by atoms with van der Waals surface area (Å²) in [6, 6.07) is 92.5. The molecule has 2 atom stereocenters. The lowest BCUT2D eigenvalue weighted by molar-refractivity contribution is 0.0390. The van der Waals surface area contributed by atoms with Gasteiger partial charge < -0.3 is 23.7 Å². The van der Waals surface area contributed by atoms with Gasteiger partial charge in [0.1, 0.15) is 0 Å². The molecule has 4 heterocycles. The van der Waals surface area contributed by atoms with Gasteiger partial charge in [-0.1, -0.05) is 372 Å². The molecule has 0 saturated heterocycles. The lowest BCUT2D eigenvalue weighted by Gasteiger charge is -2.34. The normalized spacial score (nSPS) is 14.3. The fraction of sp³-hybridized carbons (Fsp3) is 0.386. The fourth-order valence-corrected chi connectivity index (χ4v) is 27.9. The van der Waals surface area contributed by atoms with Crippen LogP contribution in [-0.2, 0) is 39.5 Å². The Balaban J connectivity index is 0.000000184. The van der Waals surface area contributed by atoms with Gasteiger partial charge in [0.25, 0.3) is 11.8 Å². The van der Waals surface area contributed by atoms with Crippen molar-refractivity contribution in [3.8, 4) is 0 Å². The molecule has 2 aromatic heterocycles. The Bertz CT molecular complexity index is 8300. The molecule has 0 fully saturated rings. The topological polar surface area (TPSA) is 97.1 Å². The number of benzene rings is 17. The number of hydrogen-bond donors (Lipinski definition) is 0. The monoisotopic (exact) mass is 1990 g/mol. The third kappa shape index (κ3) is 18.8. The van der Waals surface area contributed by atoms with Crippen molar-refractivity contribution in [1.82, 2.24) is 9.13 Å². The molecule has 10 nitrogen and oxygen atoms in total. The number of esters is 2. The SMILES string of the molecule is CCCCC(CC)Cn1c2cc(N(c3ccc(C(C)(C)CC(C)(C)C)cc3)c3ccc(C(C)(C)CC(C)(C)C)cc3)ccc2c2c3cccc4c5ccc6c7c(ccc(c(cc21)c43)c75)C(=O)N(c1c(C(C)C)cccc1C(C)C)C6=O.CCCCC(CC)Cn1c2cc(N(c3ccc(C(C)(C)CC(C)(C)C)cc3)c3ccc(C(C)(C)CC(C)(C)C)cc3)ccc2c2c3cccc4c5ccc6c7c(ccc(c(cc21)c43)c75)C(=O)OC6=O. The average Bonchev–Trinajstić information content (AvgIpc) is 1.61. The first-order valence-corrected chi connectivity index (χ1v) is 56.0. The number of aromatic nitrogens is 2. The van der Waals surface area contributed by atoms with Gasteiger partial charge in [-0.3, -0.25) is 9.59 Å². The van der Waals surface area contributed by atoms with Crippen LogP contribution in [0, 0.1) is 33.5 Å². The summed E-state index contributed by atoms with van der Waals surface area (Å²) in [6.45, 7) is 66.8. The first-order valence-electron chi connectivity index (χ1n) is 56.0. The van der Waals surface area contributed by atoms with Gasteiger partial charge in [-0.25, -0.2) is 14.5 Å². The number of anilines is 7. The summed E-state index contributed by atoms with van der Waals surface area (Å²) in [5.41, 5.74) is 22.7. The molecule has 150 heavy (non-hydrogen) atoms. The van der Waals surface area contributed by atoms with Gasteiger partial charge in [0.05, 0.1) is 38.9 Å². The average molecular weight is 1990 g/mol. The van der Waals surface area contributed by atoms with E-state index in [1.54, 1.807) is 0 Å². The van der Waals surface area contributed by atoms with Crippen LogP contribution in [0.1, 0.15) is 358 Å². The number of unbranched alkanes of at least 4 members (excludes halogenated alkanes) is 2. The van der Waals surface area contributed by atoms with Crippen LogP contribution in [-0.4, -0.2) is 32.9 Å². The van der Waals surface area contributed by atoms with E-state index in [2.05, 4.69) is 431 Å². The summed E-state index contributed by atoms with van der Waals surface area (Å²) in [6.07, 6.45) is 13.6. The molecule has 2 unspecified atom stereocenters. The van der Waals surface area contributed by atoms with Gasteiger partial charge >= 0.3 is 11.9 Å². The Labute approximate surface area is 890 Å². The van der Waals surface area contributed by atoms with Crippen LogP contribution in [0.2, 0.25) is 0 Å². The Morgan fingerprint density at radius 1 is 0.273 bits per heavy atom. The number of cyclic esters (lactones) is 2. The van der Waals surface area contributed by atoms with Gasteiger partial charge in [0.2, 0.25) is 0 Å². The molecule has 21 rings (SSSR count). The van der Waals surface area contributed by atoms with Crippen LogP contribution in [0.5, 0.6) is 0 Å². The number of rotatable bonds is 29. The third-order valence-electron chi connectivity index (χ3n) is 33.5. The first kappa shape index (κ1) is 104. The highest BCUT2D eigenvalue weighted by Crippen LogP contribution is 2.55. The van der Waals surface area contributed by atoms with E-state index in [1.807, 2.05) is 30.3 Å². The predicted octanol–water partition coefficient (Wildman–Crippen LogP) is 40.3. The van der Waals surface area contributed by atoms with Crippen LogP contribution in [0.15, 0.2) is 249 Å². The second-order valence-electron chi connectivity index (χ2n) is 52.8. The number of para-hydroxylation sites is 1. The number of amides is 2. The smallest absolute Gasteiger partial charge is 0.346 e. The first-order chi connectivity index (χ1) is 71.0. The molecule has 2 amide bonds. The zero-order valence-corrected chi connectivity index (χ0v) is 94.7. The molecule has 0 bridgehead atoms. The van der Waals surface area contributed by atoms with Crippen molar-refractivity contribution in [3.63, 3.8) is 0 Å². The molecule has 17 aromatic carbocycles. The van der Waals surface area contributed by atoms with Gasteiger partial charge in [-0.2, -0.15) is 0 Å². The van der Waals surface area contributed by atoms with E-state index in [0.717, 1.165) is 175 Å². The third-order valence-corrected chi connectivity index (χ3v) is 33.5. The molecule has 0 radical (unpaired) electrons. The maximum Gasteiger partial charge on any atom is 0.346 e. The number of carbonyl (C=O) groups is 4. The van der Waals surface area contributed by atoms with E-state index in [4.69, 9.17) is 4.74 Å². The van der Waals surface area contributed by atoms with E-state index >= 15 is 9.59 Å². The van der Waals surface area contributed by atoms with E-state index in [1.165, 1.54) is 118 Å². The summed E-state index contributed by atoms with van der Waals surface area (Å²) in [5.74, 6) is -0.460. The molecule has 2 aliphatic rings. The summed E-state index contributed by atoms with van der Waals surface area (Å²) in [4.78, 5) is 63.2. The minimum Gasteiger partial charge on any atom is -0.386 e. The zero-order valence-electron chi connectivity index (χ0n) is 94.7. The van der Waals surface area contributed by atoms with Crippen molar-refractivity contribution >= 4 is 193 Å². The van der Waals surface area contributed by atoms with Gasteiger partial charge in [-0.05, 0) is 323 Å². The Morgan fingerprint density at radius 3 is 0.860 bits per heavy atom. The number of ether oxygens (including phenoxy) is 1. The predicted molar refractivity (Wildman–Crippen MR) is 641 cm³/mol. The van der Waals surface area contributed by atoms with Crippen LogP contribution in [0.25, 0.3) is 130 Å². The number of hydrogen-bond acceptors (Lipinski definition) is 7. The lowest BCUT2D eigenvalue weighted by Crippen LogP contribution is -2.41. The zero-order chi connectivity index (χ0) is 107. The van der Waals surface area contributed by atoms with E-state index < -0.39 is 11.9 Å². The van der Waals surface area contributed by atoms with Crippen molar-refractivity contribution in [2.24, 2.45) is 33.5 Å². The lowest BCUT2D eigenvalue weighted by atomic mass is 9.72. The van der Waals surface area contributed by atoms with Crippen molar-refractivity contribution < 1.29 is 23.9 Å². The molecule has 0 spiro atoms. The number of imide groups is 1. The molecule has 0 aliphatic carbocycles. The van der Waals surface area contributed by atoms with Gasteiger partial charge in [0.15, 0.2) is 0 Å². The highest BCUT2D eigenvalue weighted by molar-refractivity contribution is 6.45. The molecule has 10 heteroatoms. The second kappa shape index (κ2) is 38.6. The maximum absolute atomic E-state index is 15.2. The second-order valence-corrected chi connectivity index (χ2v) is 52.8. The van der Waals surface area contributed by atoms with Crippen molar-refractivity contribution in [1.29, 1.82) is 0 Å². The summed E-state index contributed by atoms with van der Waals surface area (Å²) in [5, 5.41) is 22.0. The number of nitrogens with zero attached hydrogens (tertiary/aromatic N) is 5. The molecule has 19 aromatic rings. The Hall–Kier alpha value is -13.2. The summed E-state index contributed by atoms with van der Waals surface area (Å²) < 4.78 is 10.5. The van der Waals surface area contributed by atoms with Gasteiger partial charge in [0, 0.05) is 90.7 Å². The van der Waals surface area contributed by atoms with E-state index in [0.29, 0.717) is 39.5 Å². The molecule has 772 valence electrons. The molecular formula is C140H157N5O5. The Morgan fingerprint density at radius 2 is 0.553 bits per heavy atom. The fourth-order valence-electron chi connectivity index (χ4n) is 27.9. The van der Waals surface area contributed by atoms with Crippen LogP contribution >= 0.6 is 0 Å². The van der Waals surface area contributed by atoms with Crippen molar-refractivity contribution in [2.45, 2.75) is 317 Å². The molecular weight excluding hydrogens is 1830 g/mol. The van der Waals surface area contributed by atoms with Gasteiger partial charge in [-0.15, -0.1) is 0 Å². The quantitative estimate of drug-likeness (QED) is 0.0151. The number of carbonyl (C=O) groups excluding carboxylic acids is 4. The maximum atomic E-state index is 15.2. The number of fused-ring (bicyclic) bond motifs is 12. The van der Waals surface area contributed by atoms with Crippen molar-refractivity contribution in [2.75, 3.05) is 14.7 Å². The van der Waals surface area contributed by atoms with E-state index in [-0.39, 0.29) is 67.0 Å². The summed E-state index contributed by atoms with van der Waals surface area (Å²) >= 11 is 0. The highest BCUT2D eigenvalue weighted by Gasteiger charge is 2.41. The van der Waals surface area contributed by atoms with Crippen LogP contribution < -0.4 is 14.7 Å². The largest absolute Gasteiger partial charge is 0.386 e. The molecule has 0 N–H and O–H groups in total. The summed E-state index contributed by atoms with van der Waals surface area (Å²) in [7, 11) is 0. The van der Waals surface area contributed by atoms with Crippen molar-refractivity contribution in [3.05, 3.63) is 304 Å². The Kier molecular flexibility index (Phi) is 26.8.